The molecule has 0 aliphatic rings. The van der Waals surface area contributed by atoms with Crippen molar-refractivity contribution in [1.82, 2.24) is 9.97 Å². The van der Waals surface area contributed by atoms with Crippen LogP contribution in [0.5, 0.6) is 5.88 Å². The molecule has 0 bridgehead atoms. The quantitative estimate of drug-likeness (QED) is 0.574. The monoisotopic (exact) mass is 212 g/mol. The molecule has 0 saturated heterocycles. The van der Waals surface area contributed by atoms with Gasteiger partial charge in [0.2, 0.25) is 14.9 Å². The fourth-order valence-corrected chi connectivity index (χ4v) is 1.57. The molecule has 0 aliphatic carbocycles. The molecule has 1 aromatic heterocycles. The summed E-state index contributed by atoms with van der Waals surface area (Å²) in [6.45, 7) is 0. The number of hydrogen-bond acceptors (Lipinski definition) is 4. The van der Waals surface area contributed by atoms with E-state index in [0.717, 1.165) is 0 Å². The highest BCUT2D eigenvalue weighted by Crippen LogP contribution is 2.13. The highest BCUT2D eigenvalue weighted by atomic mass is 35.7. The van der Waals surface area contributed by atoms with E-state index in [1.165, 1.54) is 0 Å². The lowest BCUT2D eigenvalue weighted by Crippen LogP contribution is -2.02. The summed E-state index contributed by atoms with van der Waals surface area (Å²) in [6.07, 6.45) is 0. The molecule has 1 rings (SSSR count). The van der Waals surface area contributed by atoms with E-state index in [0.29, 0.717) is 0 Å². The summed E-state index contributed by atoms with van der Waals surface area (Å²) in [5.41, 5.74) is -0.821. The van der Waals surface area contributed by atoms with Crippen LogP contribution in [0.15, 0.2) is 4.79 Å². The van der Waals surface area contributed by atoms with Gasteiger partial charge in [-0.1, -0.05) is 0 Å². The molecular formula is C4H5ClN2O4S. The molecule has 1 aromatic rings. The van der Waals surface area contributed by atoms with Gasteiger partial charge in [-0.05, 0) is 0 Å². The number of rotatable bonds is 2. The number of hydrogen-bond donors (Lipinski definition) is 3. The maximum Gasteiger partial charge on any atom is 0.325 e. The van der Waals surface area contributed by atoms with E-state index >= 15 is 0 Å². The third-order valence-corrected chi connectivity index (χ3v) is 2.06. The summed E-state index contributed by atoms with van der Waals surface area (Å²) in [5.74, 6) is -1.12. The Morgan fingerprint density at radius 2 is 2.00 bits per heavy atom. The molecule has 8 heteroatoms. The molecule has 0 amide bonds. The van der Waals surface area contributed by atoms with Crippen molar-refractivity contribution in [2.75, 3.05) is 0 Å². The van der Waals surface area contributed by atoms with Crippen LogP contribution in [0.3, 0.4) is 0 Å². The average Bonchev–Trinajstić information content (AvgIpc) is 2.06. The first-order chi connectivity index (χ1) is 5.38. The maximum absolute atomic E-state index is 10.5. The Kier molecular flexibility index (Phi) is 2.16. The van der Waals surface area contributed by atoms with Gasteiger partial charge in [-0.25, -0.2) is 13.2 Å². The number of nitrogens with one attached hydrogen (secondary N) is 2. The predicted octanol–water partition coefficient (Wildman–Crippen LogP) is -0.523. The van der Waals surface area contributed by atoms with Crippen LogP contribution < -0.4 is 5.69 Å². The van der Waals surface area contributed by atoms with Gasteiger partial charge >= 0.3 is 5.69 Å². The molecule has 1 heterocycles. The van der Waals surface area contributed by atoms with Gasteiger partial charge in [0.05, 0.1) is 5.69 Å². The molecule has 12 heavy (non-hydrogen) atoms. The largest absolute Gasteiger partial charge is 0.493 e. The van der Waals surface area contributed by atoms with E-state index in [-0.39, 0.29) is 5.69 Å². The van der Waals surface area contributed by atoms with Crippen LogP contribution in [0.1, 0.15) is 5.69 Å². The van der Waals surface area contributed by atoms with Gasteiger partial charge < -0.3 is 10.1 Å². The minimum Gasteiger partial charge on any atom is -0.493 e. The Morgan fingerprint density at radius 3 is 2.33 bits per heavy atom. The number of aromatic hydroxyl groups is 1. The van der Waals surface area contributed by atoms with E-state index in [4.69, 9.17) is 15.8 Å². The van der Waals surface area contributed by atoms with Gasteiger partial charge in [0.25, 0.3) is 0 Å². The first-order valence-corrected chi connectivity index (χ1v) is 5.29. The SMILES string of the molecule is O=c1[nH]c(O)c(CS(=O)(=O)Cl)[nH]1. The van der Waals surface area contributed by atoms with Crippen molar-refractivity contribution in [3.05, 3.63) is 16.2 Å². The molecule has 0 radical (unpaired) electrons. The van der Waals surface area contributed by atoms with E-state index in [1.54, 1.807) is 0 Å². The second-order valence-corrected chi connectivity index (χ2v) is 4.87. The summed E-state index contributed by atoms with van der Waals surface area (Å²) < 4.78 is 21.0. The fourth-order valence-electron chi connectivity index (χ4n) is 0.687. The zero-order chi connectivity index (χ0) is 9.35. The second kappa shape index (κ2) is 2.83. The van der Waals surface area contributed by atoms with Crippen LogP contribution in [-0.4, -0.2) is 23.5 Å². The van der Waals surface area contributed by atoms with E-state index in [1.807, 2.05) is 4.98 Å². The van der Waals surface area contributed by atoms with Gasteiger partial charge in [0, 0.05) is 10.7 Å². The topological polar surface area (TPSA) is 103 Å². The van der Waals surface area contributed by atoms with Crippen LogP contribution in [0, 0.1) is 0 Å². The van der Waals surface area contributed by atoms with E-state index in [2.05, 4.69) is 4.98 Å². The van der Waals surface area contributed by atoms with Gasteiger partial charge in [-0.3, -0.25) is 4.98 Å². The maximum atomic E-state index is 10.5. The van der Waals surface area contributed by atoms with E-state index in [9.17, 15) is 13.2 Å². The van der Waals surface area contributed by atoms with Crippen molar-refractivity contribution < 1.29 is 13.5 Å². The predicted molar refractivity (Wildman–Crippen MR) is 41.6 cm³/mol. The van der Waals surface area contributed by atoms with Crippen LogP contribution in [0.4, 0.5) is 0 Å². The average molecular weight is 213 g/mol. The number of H-pyrrole nitrogens is 2. The smallest absolute Gasteiger partial charge is 0.325 e. The zero-order valence-electron chi connectivity index (χ0n) is 5.67. The van der Waals surface area contributed by atoms with Crippen molar-refractivity contribution in [3.63, 3.8) is 0 Å². The molecule has 6 nitrogen and oxygen atoms in total. The minimum atomic E-state index is -3.76. The summed E-state index contributed by atoms with van der Waals surface area (Å²) in [4.78, 5) is 14.5. The van der Waals surface area contributed by atoms with Crippen molar-refractivity contribution >= 4 is 19.7 Å². The van der Waals surface area contributed by atoms with Crippen molar-refractivity contribution in [2.45, 2.75) is 5.75 Å². The first-order valence-electron chi connectivity index (χ1n) is 2.81. The zero-order valence-corrected chi connectivity index (χ0v) is 7.24. The van der Waals surface area contributed by atoms with E-state index < -0.39 is 26.4 Å². The van der Waals surface area contributed by atoms with Crippen LogP contribution in [0.2, 0.25) is 0 Å². The third-order valence-electron chi connectivity index (χ3n) is 1.10. The summed E-state index contributed by atoms with van der Waals surface area (Å²) in [5, 5.41) is 8.88. The second-order valence-electron chi connectivity index (χ2n) is 2.09. The number of aromatic amines is 2. The lowest BCUT2D eigenvalue weighted by atomic mass is 10.5. The molecular weight excluding hydrogens is 208 g/mol. The van der Waals surface area contributed by atoms with Crippen LogP contribution in [0.25, 0.3) is 0 Å². The fraction of sp³-hybridized carbons (Fsp3) is 0.250. The highest BCUT2D eigenvalue weighted by molar-refractivity contribution is 8.13. The molecule has 0 saturated carbocycles. The molecule has 0 aromatic carbocycles. The van der Waals surface area contributed by atoms with Gasteiger partial charge in [0.15, 0.2) is 0 Å². The summed E-state index contributed by atoms with van der Waals surface area (Å²) in [7, 11) is 1.11. The lowest BCUT2D eigenvalue weighted by molar-refractivity contribution is 0.450. The molecule has 3 N–H and O–H groups in total. The number of halogens is 1. The lowest BCUT2D eigenvalue weighted by Gasteiger charge is -1.91. The Balaban J connectivity index is 3.05. The van der Waals surface area contributed by atoms with Gasteiger partial charge in [0.1, 0.15) is 5.75 Å². The van der Waals surface area contributed by atoms with Gasteiger partial charge in [-0.15, -0.1) is 0 Å². The van der Waals surface area contributed by atoms with Crippen molar-refractivity contribution in [2.24, 2.45) is 0 Å². The molecule has 68 valence electrons. The number of imidazole rings is 1. The molecule has 0 fully saturated rings. The standard InChI is InChI=1S/C4H5ClN2O4S/c5-12(10,11)1-2-3(8)7-4(9)6-2/h8H,1H2,(H2,6,7,9). The first kappa shape index (κ1) is 9.14. The molecule has 0 atom stereocenters. The Labute approximate surface area is 71.6 Å². The minimum absolute atomic E-state index is 0.144. The summed E-state index contributed by atoms with van der Waals surface area (Å²) >= 11 is 0. The number of aromatic nitrogens is 2. The third kappa shape index (κ3) is 2.28. The van der Waals surface area contributed by atoms with Gasteiger partial charge in [-0.2, -0.15) is 0 Å². The molecule has 0 unspecified atom stereocenters. The van der Waals surface area contributed by atoms with Crippen LogP contribution >= 0.6 is 10.7 Å². The van der Waals surface area contributed by atoms with Crippen molar-refractivity contribution in [3.8, 4) is 5.88 Å². The normalized spacial score (nSPS) is 11.8. The highest BCUT2D eigenvalue weighted by Gasteiger charge is 2.13. The Hall–Kier alpha value is -0.950. The Bertz CT molecular complexity index is 430. The van der Waals surface area contributed by atoms with Crippen molar-refractivity contribution in [1.29, 1.82) is 0 Å². The Morgan fingerprint density at radius 1 is 1.42 bits per heavy atom. The molecule has 0 spiro atoms. The summed E-state index contributed by atoms with van der Waals surface area (Å²) in [6, 6.07) is 0. The molecule has 0 aliphatic heterocycles. The van der Waals surface area contributed by atoms with Crippen LogP contribution in [-0.2, 0) is 14.8 Å².